The summed E-state index contributed by atoms with van der Waals surface area (Å²) in [5.41, 5.74) is 0.207. The first kappa shape index (κ1) is 18.8. The van der Waals surface area contributed by atoms with Crippen molar-refractivity contribution >= 4 is 17.5 Å². The van der Waals surface area contributed by atoms with Crippen molar-refractivity contribution in [2.24, 2.45) is 0 Å². The molecule has 0 aliphatic heterocycles. The van der Waals surface area contributed by atoms with Crippen molar-refractivity contribution in [3.63, 3.8) is 0 Å². The van der Waals surface area contributed by atoms with E-state index in [1.54, 1.807) is 0 Å². The molecule has 2 amide bonds. The van der Waals surface area contributed by atoms with Gasteiger partial charge in [-0.05, 0) is 25.0 Å². The molecule has 1 aliphatic carbocycles. The highest BCUT2D eigenvalue weighted by Crippen LogP contribution is 2.23. The molecule has 1 aromatic heterocycles. The standard InChI is InChI=1S/C18H20F2N4O3/c19-18(20)27-14-9-5-4-8-12(14)16(25)23-13-10-21-24-15(13)17(26)22-11-6-2-1-3-7-11/h4-5,8-11,18H,1-3,6-7H2,(H,21,24)(H,22,26)(H,23,25). The van der Waals surface area contributed by atoms with Crippen molar-refractivity contribution in [1.82, 2.24) is 15.5 Å². The molecule has 1 aromatic carbocycles. The van der Waals surface area contributed by atoms with E-state index >= 15 is 0 Å². The second kappa shape index (κ2) is 8.61. The van der Waals surface area contributed by atoms with Crippen molar-refractivity contribution in [2.45, 2.75) is 44.8 Å². The number of aromatic nitrogens is 2. The van der Waals surface area contributed by atoms with E-state index in [1.807, 2.05) is 0 Å². The molecule has 1 saturated carbocycles. The average molecular weight is 378 g/mol. The highest BCUT2D eigenvalue weighted by Gasteiger charge is 2.22. The van der Waals surface area contributed by atoms with Gasteiger partial charge in [-0.25, -0.2) is 0 Å². The fourth-order valence-electron chi connectivity index (χ4n) is 3.10. The molecular formula is C18H20F2N4O3. The predicted octanol–water partition coefficient (Wildman–Crippen LogP) is 3.33. The fraction of sp³-hybridized carbons (Fsp3) is 0.389. The van der Waals surface area contributed by atoms with E-state index in [2.05, 4.69) is 25.6 Å². The molecule has 7 nitrogen and oxygen atoms in total. The number of nitrogens with one attached hydrogen (secondary N) is 3. The Morgan fingerprint density at radius 2 is 1.89 bits per heavy atom. The average Bonchev–Trinajstić information content (AvgIpc) is 3.10. The van der Waals surface area contributed by atoms with Gasteiger partial charge in [-0.1, -0.05) is 31.4 Å². The van der Waals surface area contributed by atoms with Gasteiger partial charge in [0.2, 0.25) is 0 Å². The van der Waals surface area contributed by atoms with Crippen LogP contribution in [0.5, 0.6) is 5.75 Å². The maximum atomic E-state index is 12.5. The van der Waals surface area contributed by atoms with Gasteiger partial charge >= 0.3 is 6.61 Å². The fourth-order valence-corrected chi connectivity index (χ4v) is 3.10. The van der Waals surface area contributed by atoms with E-state index in [9.17, 15) is 18.4 Å². The van der Waals surface area contributed by atoms with Gasteiger partial charge in [0, 0.05) is 6.04 Å². The summed E-state index contributed by atoms with van der Waals surface area (Å²) in [4.78, 5) is 24.9. The van der Waals surface area contributed by atoms with Crippen LogP contribution in [-0.4, -0.2) is 34.7 Å². The van der Waals surface area contributed by atoms with Gasteiger partial charge in [-0.2, -0.15) is 13.9 Å². The molecule has 144 valence electrons. The second-order valence-electron chi connectivity index (χ2n) is 6.30. The van der Waals surface area contributed by atoms with Crippen molar-refractivity contribution in [1.29, 1.82) is 0 Å². The first-order valence-corrected chi connectivity index (χ1v) is 8.74. The van der Waals surface area contributed by atoms with Gasteiger partial charge < -0.3 is 15.4 Å². The minimum absolute atomic E-state index is 0.0716. The number of benzene rings is 1. The number of carbonyl (C=O) groups excluding carboxylic acids is 2. The Morgan fingerprint density at radius 1 is 1.15 bits per heavy atom. The van der Waals surface area contributed by atoms with Crippen LogP contribution in [0.1, 0.15) is 53.0 Å². The number of nitrogens with zero attached hydrogens (tertiary/aromatic N) is 1. The zero-order valence-corrected chi connectivity index (χ0v) is 14.5. The van der Waals surface area contributed by atoms with Gasteiger partial charge in [0.1, 0.15) is 11.4 Å². The number of amides is 2. The number of aromatic amines is 1. The smallest absolute Gasteiger partial charge is 0.387 e. The predicted molar refractivity (Wildman–Crippen MR) is 94.0 cm³/mol. The number of ether oxygens (including phenoxy) is 1. The molecule has 3 rings (SSSR count). The molecule has 0 atom stereocenters. The van der Waals surface area contributed by atoms with Crippen LogP contribution < -0.4 is 15.4 Å². The van der Waals surface area contributed by atoms with Crippen molar-refractivity contribution in [3.8, 4) is 5.75 Å². The number of rotatable bonds is 6. The summed E-state index contributed by atoms with van der Waals surface area (Å²) in [7, 11) is 0. The van der Waals surface area contributed by atoms with Crippen molar-refractivity contribution < 1.29 is 23.1 Å². The number of hydrogen-bond donors (Lipinski definition) is 3. The maximum absolute atomic E-state index is 12.5. The molecule has 1 fully saturated rings. The zero-order valence-electron chi connectivity index (χ0n) is 14.5. The Kier molecular flexibility index (Phi) is 6.00. The van der Waals surface area contributed by atoms with Crippen LogP contribution in [0.2, 0.25) is 0 Å². The lowest BCUT2D eigenvalue weighted by Gasteiger charge is -2.22. The van der Waals surface area contributed by atoms with Crippen molar-refractivity contribution in [3.05, 3.63) is 41.7 Å². The maximum Gasteiger partial charge on any atom is 0.387 e. The number of H-pyrrole nitrogens is 1. The number of halogens is 2. The normalized spacial score (nSPS) is 14.8. The molecule has 1 aliphatic rings. The summed E-state index contributed by atoms with van der Waals surface area (Å²) in [5, 5.41) is 11.8. The number of alkyl halides is 2. The summed E-state index contributed by atoms with van der Waals surface area (Å²) >= 11 is 0. The molecular weight excluding hydrogens is 358 g/mol. The van der Waals surface area contributed by atoms with E-state index in [0.29, 0.717) is 0 Å². The van der Waals surface area contributed by atoms with Gasteiger partial charge in [0.15, 0.2) is 0 Å². The molecule has 0 saturated heterocycles. The molecule has 3 N–H and O–H groups in total. The van der Waals surface area contributed by atoms with E-state index in [-0.39, 0.29) is 34.6 Å². The lowest BCUT2D eigenvalue weighted by atomic mass is 9.95. The summed E-state index contributed by atoms with van der Waals surface area (Å²) in [6, 6.07) is 5.73. The quantitative estimate of drug-likeness (QED) is 0.718. The van der Waals surface area contributed by atoms with Crippen LogP contribution >= 0.6 is 0 Å². The molecule has 9 heteroatoms. The summed E-state index contributed by atoms with van der Waals surface area (Å²) in [5.74, 6) is -1.30. The van der Waals surface area contributed by atoms with Gasteiger partial charge in [-0.15, -0.1) is 0 Å². The van der Waals surface area contributed by atoms with Crippen LogP contribution in [-0.2, 0) is 0 Å². The monoisotopic (exact) mass is 378 g/mol. The van der Waals surface area contributed by atoms with Gasteiger partial charge in [-0.3, -0.25) is 14.7 Å². The van der Waals surface area contributed by atoms with E-state index in [4.69, 9.17) is 0 Å². The Labute approximate surface area is 154 Å². The molecule has 2 aromatic rings. The Morgan fingerprint density at radius 3 is 2.63 bits per heavy atom. The Hall–Kier alpha value is -2.97. The minimum atomic E-state index is -3.05. The van der Waals surface area contributed by atoms with E-state index < -0.39 is 12.5 Å². The van der Waals surface area contributed by atoms with Gasteiger partial charge in [0.05, 0.1) is 17.4 Å². The molecule has 0 bridgehead atoms. The van der Waals surface area contributed by atoms with Crippen LogP contribution in [0, 0.1) is 0 Å². The third-order valence-electron chi connectivity index (χ3n) is 4.40. The zero-order chi connectivity index (χ0) is 19.2. The molecule has 1 heterocycles. The lowest BCUT2D eigenvalue weighted by molar-refractivity contribution is -0.0501. The van der Waals surface area contributed by atoms with E-state index in [1.165, 1.54) is 30.5 Å². The van der Waals surface area contributed by atoms with Crippen LogP contribution in [0.3, 0.4) is 0 Å². The summed E-state index contributed by atoms with van der Waals surface area (Å²) < 4.78 is 29.4. The number of carbonyl (C=O) groups is 2. The first-order valence-electron chi connectivity index (χ1n) is 8.74. The minimum Gasteiger partial charge on any atom is -0.434 e. The molecule has 0 spiro atoms. The van der Waals surface area contributed by atoms with Crippen molar-refractivity contribution in [2.75, 3.05) is 5.32 Å². The highest BCUT2D eigenvalue weighted by atomic mass is 19.3. The second-order valence-corrected chi connectivity index (χ2v) is 6.30. The summed E-state index contributed by atoms with van der Waals surface area (Å²) in [6.07, 6.45) is 6.43. The molecule has 0 unspecified atom stereocenters. The number of para-hydroxylation sites is 1. The molecule has 27 heavy (non-hydrogen) atoms. The SMILES string of the molecule is O=C(Nc1cn[nH]c1C(=O)NC1CCCCC1)c1ccccc1OC(F)F. The van der Waals surface area contributed by atoms with Gasteiger partial charge in [0.25, 0.3) is 11.8 Å². The Balaban J connectivity index is 1.71. The number of hydrogen-bond acceptors (Lipinski definition) is 4. The topological polar surface area (TPSA) is 96.1 Å². The molecule has 0 radical (unpaired) electrons. The Bertz CT molecular complexity index is 803. The third kappa shape index (κ3) is 4.81. The third-order valence-corrected chi connectivity index (χ3v) is 4.40. The van der Waals surface area contributed by atoms with Crippen LogP contribution in [0.4, 0.5) is 14.5 Å². The van der Waals surface area contributed by atoms with Crippen LogP contribution in [0.25, 0.3) is 0 Å². The lowest BCUT2D eigenvalue weighted by Crippen LogP contribution is -2.36. The summed E-state index contributed by atoms with van der Waals surface area (Å²) in [6.45, 7) is -3.05. The van der Waals surface area contributed by atoms with E-state index in [0.717, 1.165) is 32.1 Å². The number of anilines is 1. The largest absolute Gasteiger partial charge is 0.434 e. The van der Waals surface area contributed by atoms with Crippen LogP contribution in [0.15, 0.2) is 30.5 Å². The first-order chi connectivity index (χ1) is 13.0. The highest BCUT2D eigenvalue weighted by molar-refractivity contribution is 6.09.